The van der Waals surface area contributed by atoms with Crippen LogP contribution in [-0.4, -0.2) is 25.5 Å². The maximum absolute atomic E-state index is 5.95. The Hall–Kier alpha value is -0.570. The van der Waals surface area contributed by atoms with Crippen LogP contribution in [0.5, 0.6) is 0 Å². The third kappa shape index (κ3) is 4.27. The SMILES string of the molecule is CN(C)C[C@@H](N)c1ccccc1.Cl. The van der Waals surface area contributed by atoms with E-state index in [1.165, 1.54) is 5.56 Å². The van der Waals surface area contributed by atoms with E-state index < -0.39 is 0 Å². The van der Waals surface area contributed by atoms with Gasteiger partial charge in [-0.25, -0.2) is 0 Å². The second-order valence-corrected chi connectivity index (χ2v) is 3.28. The molecule has 0 aliphatic rings. The summed E-state index contributed by atoms with van der Waals surface area (Å²) in [6, 6.07) is 10.3. The highest BCUT2D eigenvalue weighted by atomic mass is 35.5. The molecule has 1 aromatic rings. The van der Waals surface area contributed by atoms with E-state index in [-0.39, 0.29) is 18.4 Å². The second kappa shape index (κ2) is 5.97. The molecule has 2 N–H and O–H groups in total. The predicted molar refractivity (Wildman–Crippen MR) is 59.2 cm³/mol. The van der Waals surface area contributed by atoms with Gasteiger partial charge in [-0.15, -0.1) is 12.4 Å². The summed E-state index contributed by atoms with van der Waals surface area (Å²) in [4.78, 5) is 2.09. The quantitative estimate of drug-likeness (QED) is 0.805. The normalized spacial score (nSPS) is 12.3. The average molecular weight is 201 g/mol. The fourth-order valence-electron chi connectivity index (χ4n) is 1.20. The third-order valence-electron chi connectivity index (χ3n) is 1.79. The van der Waals surface area contributed by atoms with Crippen LogP contribution in [0.1, 0.15) is 11.6 Å². The van der Waals surface area contributed by atoms with E-state index in [4.69, 9.17) is 5.73 Å². The van der Waals surface area contributed by atoms with Crippen molar-refractivity contribution in [2.75, 3.05) is 20.6 Å². The zero-order valence-corrected chi connectivity index (χ0v) is 8.92. The molecule has 0 aliphatic heterocycles. The van der Waals surface area contributed by atoms with Crippen LogP contribution in [0.15, 0.2) is 30.3 Å². The summed E-state index contributed by atoms with van der Waals surface area (Å²) in [5.41, 5.74) is 7.15. The van der Waals surface area contributed by atoms with Crippen LogP contribution >= 0.6 is 12.4 Å². The number of benzene rings is 1. The lowest BCUT2D eigenvalue weighted by Crippen LogP contribution is -2.25. The van der Waals surface area contributed by atoms with Crippen molar-refractivity contribution in [2.45, 2.75) is 6.04 Å². The first-order valence-electron chi connectivity index (χ1n) is 4.15. The minimum atomic E-state index is 0. The van der Waals surface area contributed by atoms with Gasteiger partial charge in [-0.3, -0.25) is 0 Å². The summed E-state index contributed by atoms with van der Waals surface area (Å²) in [7, 11) is 4.06. The summed E-state index contributed by atoms with van der Waals surface area (Å²) in [5, 5.41) is 0. The molecule has 13 heavy (non-hydrogen) atoms. The van der Waals surface area contributed by atoms with Crippen LogP contribution in [0.4, 0.5) is 0 Å². The van der Waals surface area contributed by atoms with Crippen molar-refractivity contribution < 1.29 is 0 Å². The maximum atomic E-state index is 5.95. The molecule has 0 aliphatic carbocycles. The van der Waals surface area contributed by atoms with Crippen LogP contribution in [0.25, 0.3) is 0 Å². The number of hydrogen-bond acceptors (Lipinski definition) is 2. The maximum Gasteiger partial charge on any atom is 0.0424 e. The van der Waals surface area contributed by atoms with Gasteiger partial charge in [0.2, 0.25) is 0 Å². The summed E-state index contributed by atoms with van der Waals surface area (Å²) in [6.07, 6.45) is 0. The molecule has 2 nitrogen and oxygen atoms in total. The minimum Gasteiger partial charge on any atom is -0.323 e. The fraction of sp³-hybridized carbons (Fsp3) is 0.400. The third-order valence-corrected chi connectivity index (χ3v) is 1.79. The van der Waals surface area contributed by atoms with Gasteiger partial charge < -0.3 is 10.6 Å². The molecule has 0 bridgehead atoms. The predicted octanol–water partition coefficient (Wildman–Crippen LogP) is 1.67. The Bertz CT molecular complexity index is 224. The van der Waals surface area contributed by atoms with Crippen molar-refractivity contribution in [3.63, 3.8) is 0 Å². The zero-order chi connectivity index (χ0) is 8.97. The summed E-state index contributed by atoms with van der Waals surface area (Å²) in [6.45, 7) is 0.893. The number of hydrogen-bond donors (Lipinski definition) is 1. The van der Waals surface area contributed by atoms with Crippen LogP contribution in [0.2, 0.25) is 0 Å². The first-order chi connectivity index (χ1) is 5.70. The van der Waals surface area contributed by atoms with Gasteiger partial charge in [0, 0.05) is 12.6 Å². The van der Waals surface area contributed by atoms with Crippen LogP contribution < -0.4 is 5.73 Å². The van der Waals surface area contributed by atoms with Crippen LogP contribution in [0, 0.1) is 0 Å². The Labute approximate surface area is 86.1 Å². The molecule has 1 rings (SSSR count). The van der Waals surface area contributed by atoms with Crippen molar-refractivity contribution in [1.29, 1.82) is 0 Å². The Morgan fingerprint density at radius 3 is 2.23 bits per heavy atom. The second-order valence-electron chi connectivity index (χ2n) is 3.28. The average Bonchev–Trinajstić information content (AvgIpc) is 2.05. The van der Waals surface area contributed by atoms with Crippen molar-refractivity contribution in [1.82, 2.24) is 4.90 Å². The van der Waals surface area contributed by atoms with Gasteiger partial charge in [-0.2, -0.15) is 0 Å². The lowest BCUT2D eigenvalue weighted by molar-refractivity contribution is 0.376. The van der Waals surface area contributed by atoms with Crippen LogP contribution in [-0.2, 0) is 0 Å². The number of halogens is 1. The van der Waals surface area contributed by atoms with E-state index in [2.05, 4.69) is 17.0 Å². The minimum absolute atomic E-state index is 0. The lowest BCUT2D eigenvalue weighted by atomic mass is 10.1. The molecule has 0 aromatic heterocycles. The first-order valence-corrected chi connectivity index (χ1v) is 4.15. The van der Waals surface area contributed by atoms with Gasteiger partial charge in [0.05, 0.1) is 0 Å². The molecule has 0 unspecified atom stereocenters. The van der Waals surface area contributed by atoms with E-state index in [1.54, 1.807) is 0 Å². The molecule has 0 amide bonds. The number of likely N-dealkylation sites (N-methyl/N-ethyl adjacent to an activating group) is 1. The summed E-state index contributed by atoms with van der Waals surface area (Å²) in [5.74, 6) is 0. The fourth-order valence-corrected chi connectivity index (χ4v) is 1.20. The monoisotopic (exact) mass is 200 g/mol. The number of rotatable bonds is 3. The Morgan fingerprint density at radius 2 is 1.77 bits per heavy atom. The highest BCUT2D eigenvalue weighted by molar-refractivity contribution is 5.85. The summed E-state index contributed by atoms with van der Waals surface area (Å²) < 4.78 is 0. The molecule has 1 atom stereocenters. The molecule has 0 radical (unpaired) electrons. The van der Waals surface area contributed by atoms with Crippen LogP contribution in [0.3, 0.4) is 0 Å². The van der Waals surface area contributed by atoms with Gasteiger partial charge >= 0.3 is 0 Å². The van der Waals surface area contributed by atoms with Crippen molar-refractivity contribution in [3.8, 4) is 0 Å². The molecule has 0 spiro atoms. The van der Waals surface area contributed by atoms with Crippen molar-refractivity contribution >= 4 is 12.4 Å². The molecule has 3 heteroatoms. The Kier molecular flexibility index (Phi) is 5.71. The molecular weight excluding hydrogens is 184 g/mol. The number of nitrogens with two attached hydrogens (primary N) is 1. The Morgan fingerprint density at radius 1 is 1.23 bits per heavy atom. The highest BCUT2D eigenvalue weighted by Gasteiger charge is 2.04. The smallest absolute Gasteiger partial charge is 0.0424 e. The standard InChI is InChI=1S/C10H16N2.ClH/c1-12(2)8-10(11)9-6-4-3-5-7-9;/h3-7,10H,8,11H2,1-2H3;1H/t10-;/m1./s1. The van der Waals surface area contributed by atoms with Crippen molar-refractivity contribution in [3.05, 3.63) is 35.9 Å². The molecule has 0 fully saturated rings. The van der Waals surface area contributed by atoms with Gasteiger partial charge in [0.1, 0.15) is 0 Å². The zero-order valence-electron chi connectivity index (χ0n) is 8.10. The van der Waals surface area contributed by atoms with E-state index >= 15 is 0 Å². The van der Waals surface area contributed by atoms with E-state index in [9.17, 15) is 0 Å². The highest BCUT2D eigenvalue weighted by Crippen LogP contribution is 2.09. The molecule has 0 heterocycles. The molecule has 1 aromatic carbocycles. The number of nitrogens with zero attached hydrogens (tertiary/aromatic N) is 1. The molecule has 0 saturated heterocycles. The van der Waals surface area contributed by atoms with E-state index in [1.807, 2.05) is 32.3 Å². The molecule has 0 saturated carbocycles. The largest absolute Gasteiger partial charge is 0.323 e. The Balaban J connectivity index is 0.00000144. The lowest BCUT2D eigenvalue weighted by Gasteiger charge is -2.16. The van der Waals surface area contributed by atoms with Gasteiger partial charge in [0.25, 0.3) is 0 Å². The van der Waals surface area contributed by atoms with E-state index in [0.717, 1.165) is 6.54 Å². The molecular formula is C10H17ClN2. The van der Waals surface area contributed by atoms with Gasteiger partial charge in [0.15, 0.2) is 0 Å². The van der Waals surface area contributed by atoms with Gasteiger partial charge in [-0.05, 0) is 19.7 Å². The van der Waals surface area contributed by atoms with E-state index in [0.29, 0.717) is 0 Å². The molecule has 74 valence electrons. The van der Waals surface area contributed by atoms with Crippen molar-refractivity contribution in [2.24, 2.45) is 5.73 Å². The summed E-state index contributed by atoms with van der Waals surface area (Å²) >= 11 is 0. The topological polar surface area (TPSA) is 29.3 Å². The first kappa shape index (κ1) is 12.4. The van der Waals surface area contributed by atoms with Gasteiger partial charge in [-0.1, -0.05) is 30.3 Å².